The second kappa shape index (κ2) is 53.4. The molecule has 1 unspecified atom stereocenters. The van der Waals surface area contributed by atoms with Gasteiger partial charge in [-0.2, -0.15) is 0 Å². The van der Waals surface area contributed by atoms with Crippen LogP contribution in [0.4, 0.5) is 0 Å². The first-order valence-electron chi connectivity index (χ1n) is 26.6. The number of hydrogen-bond donors (Lipinski definition) is 0. The van der Waals surface area contributed by atoms with E-state index in [9.17, 15) is 14.4 Å². The highest BCUT2D eigenvalue weighted by atomic mass is 16.6. The lowest BCUT2D eigenvalue weighted by Gasteiger charge is -2.18. The fraction of sp³-hybridized carbons (Fsp3) is 0.617. The van der Waals surface area contributed by atoms with Crippen LogP contribution in [-0.2, 0) is 28.6 Å². The number of carbonyl (C=O) groups is 3. The SMILES string of the molecule is CC\C=C/C=C\C=C/C=C\C=C\C=C/CCCCCC(=O)OCC(COC(=O)CCCCCCCCC/C=C\CCCCCC)OC(=O)CCCCCCCC/C=C\C/C=C\C/C=C\CC. The first kappa shape index (κ1) is 61.8. The predicted molar refractivity (Wildman–Crippen MR) is 283 cm³/mol. The van der Waals surface area contributed by atoms with Gasteiger partial charge in [0, 0.05) is 19.3 Å². The Morgan fingerprint density at radius 1 is 0.333 bits per heavy atom. The van der Waals surface area contributed by atoms with Crippen molar-refractivity contribution >= 4 is 17.9 Å². The van der Waals surface area contributed by atoms with Gasteiger partial charge < -0.3 is 14.2 Å². The van der Waals surface area contributed by atoms with Gasteiger partial charge in [0.05, 0.1) is 0 Å². The van der Waals surface area contributed by atoms with Crippen LogP contribution in [-0.4, -0.2) is 37.2 Å². The van der Waals surface area contributed by atoms with E-state index in [1.54, 1.807) is 0 Å². The Morgan fingerprint density at radius 2 is 0.667 bits per heavy atom. The summed E-state index contributed by atoms with van der Waals surface area (Å²) in [6, 6.07) is 0. The maximum atomic E-state index is 12.8. The number of hydrogen-bond acceptors (Lipinski definition) is 6. The standard InChI is InChI=1S/C60H96O6/c1-4-7-10-13-16-19-22-25-28-30-33-35-38-41-44-47-50-53-59(62)65-56-57(55-64-58(61)52-49-46-43-40-37-34-31-27-24-21-18-15-12-9-6-3)66-60(63)54-51-48-45-42-39-36-32-29-26-23-20-17-14-11-8-5-2/h7-8,10-11,13,16-17,19-22,24-26,28-30,33,35,38,57H,4-6,9,12,14-15,18,23,27,31-32,34,36-37,39-56H2,1-3H3/b10-7-,11-8-,16-13-,20-17-,22-19-,24-21-,28-25-,29-26-,33-30+,38-35-. The Balaban J connectivity index is 4.53. The van der Waals surface area contributed by atoms with E-state index in [2.05, 4.69) is 81.5 Å². The van der Waals surface area contributed by atoms with Gasteiger partial charge in [-0.15, -0.1) is 0 Å². The van der Waals surface area contributed by atoms with E-state index in [1.165, 1.54) is 77.0 Å². The molecule has 0 aliphatic carbocycles. The smallest absolute Gasteiger partial charge is 0.306 e. The molecule has 0 N–H and O–H groups in total. The van der Waals surface area contributed by atoms with Crippen molar-refractivity contribution in [3.63, 3.8) is 0 Å². The third-order valence-electron chi connectivity index (χ3n) is 10.8. The molecule has 0 aromatic rings. The molecule has 0 rings (SSSR count). The summed E-state index contributed by atoms with van der Waals surface area (Å²) in [6.45, 7) is 6.31. The van der Waals surface area contributed by atoms with Crippen molar-refractivity contribution in [3.05, 3.63) is 122 Å². The Labute approximate surface area is 405 Å². The molecule has 0 aliphatic heterocycles. The minimum atomic E-state index is -0.809. The number of allylic oxidation sites excluding steroid dienone is 20. The topological polar surface area (TPSA) is 78.9 Å². The third-order valence-corrected chi connectivity index (χ3v) is 10.8. The van der Waals surface area contributed by atoms with Crippen molar-refractivity contribution in [1.82, 2.24) is 0 Å². The zero-order valence-corrected chi connectivity index (χ0v) is 42.4. The summed E-state index contributed by atoms with van der Waals surface area (Å²) < 4.78 is 16.8. The van der Waals surface area contributed by atoms with Gasteiger partial charge in [-0.3, -0.25) is 14.4 Å². The summed E-state index contributed by atoms with van der Waals surface area (Å²) in [4.78, 5) is 38.1. The zero-order chi connectivity index (χ0) is 47.9. The van der Waals surface area contributed by atoms with Gasteiger partial charge in [-0.1, -0.05) is 226 Å². The highest BCUT2D eigenvalue weighted by molar-refractivity contribution is 5.71. The van der Waals surface area contributed by atoms with E-state index >= 15 is 0 Å². The Hall–Kier alpha value is -4.19. The first-order chi connectivity index (χ1) is 32.5. The van der Waals surface area contributed by atoms with E-state index in [-0.39, 0.29) is 31.1 Å². The van der Waals surface area contributed by atoms with E-state index < -0.39 is 6.10 Å². The molecule has 372 valence electrons. The molecule has 0 saturated heterocycles. The van der Waals surface area contributed by atoms with Crippen molar-refractivity contribution in [1.29, 1.82) is 0 Å². The monoisotopic (exact) mass is 913 g/mol. The third kappa shape index (κ3) is 50.8. The van der Waals surface area contributed by atoms with Gasteiger partial charge in [0.25, 0.3) is 0 Å². The van der Waals surface area contributed by atoms with Crippen LogP contribution in [0.1, 0.15) is 220 Å². The highest BCUT2D eigenvalue weighted by Gasteiger charge is 2.19. The molecule has 0 aromatic carbocycles. The van der Waals surface area contributed by atoms with Crippen LogP contribution in [0.2, 0.25) is 0 Å². The van der Waals surface area contributed by atoms with Crippen LogP contribution in [0.3, 0.4) is 0 Å². The van der Waals surface area contributed by atoms with Gasteiger partial charge in [0.15, 0.2) is 6.10 Å². The molecule has 0 bridgehead atoms. The molecule has 6 heteroatoms. The summed E-state index contributed by atoms with van der Waals surface area (Å²) in [7, 11) is 0. The normalized spacial score (nSPS) is 13.1. The van der Waals surface area contributed by atoms with Crippen LogP contribution >= 0.6 is 0 Å². The molecule has 0 aliphatic rings. The number of unbranched alkanes of at least 4 members (excludes halogenated alkanes) is 20. The second-order valence-corrected chi connectivity index (χ2v) is 17.2. The molecule has 1 atom stereocenters. The minimum absolute atomic E-state index is 0.104. The lowest BCUT2D eigenvalue weighted by atomic mass is 10.1. The Morgan fingerprint density at radius 3 is 1.14 bits per heavy atom. The van der Waals surface area contributed by atoms with Crippen LogP contribution in [0.25, 0.3) is 0 Å². The van der Waals surface area contributed by atoms with Crippen LogP contribution in [0, 0.1) is 0 Å². The Bertz CT molecular complexity index is 1420. The number of esters is 3. The fourth-order valence-corrected chi connectivity index (χ4v) is 6.89. The molecule has 0 heterocycles. The molecular weight excluding hydrogens is 817 g/mol. The molecule has 6 nitrogen and oxygen atoms in total. The molecule has 0 aromatic heterocycles. The average Bonchev–Trinajstić information content (AvgIpc) is 3.31. The quantitative estimate of drug-likeness (QED) is 0.0199. The fourth-order valence-electron chi connectivity index (χ4n) is 6.89. The number of rotatable bonds is 46. The summed E-state index contributed by atoms with van der Waals surface area (Å²) in [5.41, 5.74) is 0. The average molecular weight is 913 g/mol. The predicted octanol–water partition coefficient (Wildman–Crippen LogP) is 17.7. The summed E-state index contributed by atoms with van der Waals surface area (Å²) in [5.74, 6) is -0.971. The van der Waals surface area contributed by atoms with Crippen molar-refractivity contribution in [2.24, 2.45) is 0 Å². The van der Waals surface area contributed by atoms with E-state index in [0.29, 0.717) is 19.3 Å². The lowest BCUT2D eigenvalue weighted by Crippen LogP contribution is -2.30. The maximum absolute atomic E-state index is 12.8. The molecule has 66 heavy (non-hydrogen) atoms. The second-order valence-electron chi connectivity index (χ2n) is 17.2. The van der Waals surface area contributed by atoms with Gasteiger partial charge in [-0.05, 0) is 96.3 Å². The zero-order valence-electron chi connectivity index (χ0n) is 42.4. The molecule has 0 saturated carbocycles. The highest BCUT2D eigenvalue weighted by Crippen LogP contribution is 2.14. The van der Waals surface area contributed by atoms with Crippen LogP contribution < -0.4 is 0 Å². The molecule has 0 amide bonds. The van der Waals surface area contributed by atoms with Gasteiger partial charge >= 0.3 is 17.9 Å². The van der Waals surface area contributed by atoms with Gasteiger partial charge in [0.1, 0.15) is 13.2 Å². The number of carbonyl (C=O) groups excluding carboxylic acids is 3. The molecule has 0 fully saturated rings. The molecular formula is C60H96O6. The van der Waals surface area contributed by atoms with Crippen molar-refractivity contribution < 1.29 is 28.6 Å². The van der Waals surface area contributed by atoms with E-state index in [1.807, 2.05) is 60.8 Å². The van der Waals surface area contributed by atoms with E-state index in [4.69, 9.17) is 14.2 Å². The maximum Gasteiger partial charge on any atom is 0.306 e. The summed E-state index contributed by atoms with van der Waals surface area (Å²) >= 11 is 0. The Kier molecular flexibility index (Phi) is 50.0. The first-order valence-corrected chi connectivity index (χ1v) is 26.6. The summed E-state index contributed by atoms with van der Waals surface area (Å²) in [5, 5.41) is 0. The van der Waals surface area contributed by atoms with Crippen LogP contribution in [0.15, 0.2) is 122 Å². The van der Waals surface area contributed by atoms with Crippen molar-refractivity contribution in [2.75, 3.05) is 13.2 Å². The largest absolute Gasteiger partial charge is 0.462 e. The molecule has 0 spiro atoms. The summed E-state index contributed by atoms with van der Waals surface area (Å²) in [6.07, 6.45) is 73.2. The number of ether oxygens (including phenoxy) is 3. The van der Waals surface area contributed by atoms with Crippen molar-refractivity contribution in [2.45, 2.75) is 226 Å². The van der Waals surface area contributed by atoms with Crippen LogP contribution in [0.5, 0.6) is 0 Å². The molecule has 0 radical (unpaired) electrons. The minimum Gasteiger partial charge on any atom is -0.462 e. The van der Waals surface area contributed by atoms with Gasteiger partial charge in [0.2, 0.25) is 0 Å². The van der Waals surface area contributed by atoms with Gasteiger partial charge in [-0.25, -0.2) is 0 Å². The lowest BCUT2D eigenvalue weighted by molar-refractivity contribution is -0.167. The van der Waals surface area contributed by atoms with Crippen molar-refractivity contribution in [3.8, 4) is 0 Å². The van der Waals surface area contributed by atoms with E-state index in [0.717, 1.165) is 103 Å².